The van der Waals surface area contributed by atoms with Crippen molar-refractivity contribution in [2.45, 2.75) is 0 Å². The van der Waals surface area contributed by atoms with Crippen LogP contribution in [0.3, 0.4) is 0 Å². The summed E-state index contributed by atoms with van der Waals surface area (Å²) in [6, 6.07) is 8.76. The number of carboxylic acids is 2. The maximum absolute atomic E-state index is 13.1. The van der Waals surface area contributed by atoms with Crippen molar-refractivity contribution in [3.05, 3.63) is 104 Å². The summed E-state index contributed by atoms with van der Waals surface area (Å²) < 4.78 is 1.47. The lowest BCUT2D eigenvalue weighted by atomic mass is 10.1. The van der Waals surface area contributed by atoms with Gasteiger partial charge < -0.3 is 15.3 Å². The molecule has 0 atom stereocenters. The molecule has 1 fully saturated rings. The quantitative estimate of drug-likeness (QED) is 0.291. The standard InChI is InChI=1S/C27H20N4O10/c1-28-20(32)18(22(34)30(26(28)40)16-10-6-14(7-11-16)24(36)37)4-3-5-19-21(33)29(2)27(41)31(23(19)35)17-12-8-15(9-13-17)25(38)39/h3-13,34H,1-2H3,(H,36,37)(H,38,39). The Morgan fingerprint density at radius 1 is 0.756 bits per heavy atom. The third-order valence-electron chi connectivity index (χ3n) is 6.18. The third-order valence-corrected chi connectivity index (χ3v) is 6.18. The maximum atomic E-state index is 13.1. The topological polar surface area (TPSA) is 197 Å². The van der Waals surface area contributed by atoms with Crippen LogP contribution in [-0.4, -0.2) is 66.2 Å². The van der Waals surface area contributed by atoms with Gasteiger partial charge in [-0.15, -0.1) is 0 Å². The SMILES string of the molecule is CN1C(=O)C(=CC=Cc2c(O)n(-c3ccc(C(=O)O)cc3)c(=O)n(C)c2=O)C(=O)N(c2ccc(C(=O)O)cc2)C1=O. The molecule has 1 aliphatic rings. The Kier molecular flexibility index (Phi) is 7.24. The zero-order valence-electron chi connectivity index (χ0n) is 21.3. The largest absolute Gasteiger partial charge is 0.494 e. The molecule has 1 aliphatic heterocycles. The summed E-state index contributed by atoms with van der Waals surface area (Å²) >= 11 is 0. The van der Waals surface area contributed by atoms with Gasteiger partial charge in [0.1, 0.15) is 11.1 Å². The molecule has 4 amide bonds. The molecular formula is C27H20N4O10. The van der Waals surface area contributed by atoms with Crippen molar-refractivity contribution in [3.8, 4) is 11.6 Å². The van der Waals surface area contributed by atoms with Gasteiger partial charge >= 0.3 is 23.7 Å². The highest BCUT2D eigenvalue weighted by molar-refractivity contribution is 6.37. The molecule has 208 valence electrons. The van der Waals surface area contributed by atoms with Crippen molar-refractivity contribution < 1.29 is 39.3 Å². The number of barbiturate groups is 1. The van der Waals surface area contributed by atoms with E-state index in [4.69, 9.17) is 10.2 Å². The minimum absolute atomic E-state index is 0.00624. The van der Waals surface area contributed by atoms with Gasteiger partial charge in [-0.1, -0.05) is 6.08 Å². The van der Waals surface area contributed by atoms with Crippen LogP contribution >= 0.6 is 0 Å². The van der Waals surface area contributed by atoms with Crippen LogP contribution in [0.4, 0.5) is 10.5 Å². The van der Waals surface area contributed by atoms with Crippen LogP contribution in [0.2, 0.25) is 0 Å². The van der Waals surface area contributed by atoms with Gasteiger partial charge in [0.2, 0.25) is 5.88 Å². The molecule has 4 rings (SSSR count). The monoisotopic (exact) mass is 560 g/mol. The summed E-state index contributed by atoms with van der Waals surface area (Å²) in [4.78, 5) is 87.7. The number of carboxylic acid groups (broad SMARTS) is 2. The number of aromatic carboxylic acids is 2. The van der Waals surface area contributed by atoms with Crippen molar-refractivity contribution in [2.24, 2.45) is 7.05 Å². The minimum Gasteiger partial charge on any atom is -0.494 e. The number of amides is 4. The fourth-order valence-corrected chi connectivity index (χ4v) is 3.94. The Bertz CT molecular complexity index is 1810. The van der Waals surface area contributed by atoms with E-state index < -0.39 is 58.0 Å². The van der Waals surface area contributed by atoms with Crippen molar-refractivity contribution in [1.29, 1.82) is 0 Å². The highest BCUT2D eigenvalue weighted by Gasteiger charge is 2.40. The van der Waals surface area contributed by atoms with Crippen LogP contribution in [0.25, 0.3) is 11.8 Å². The van der Waals surface area contributed by atoms with Crippen LogP contribution in [-0.2, 0) is 16.6 Å². The number of allylic oxidation sites excluding steroid dienone is 2. The Labute approximate surface area is 229 Å². The fourth-order valence-electron chi connectivity index (χ4n) is 3.94. The summed E-state index contributed by atoms with van der Waals surface area (Å²) in [5, 5.41) is 29.0. The first-order chi connectivity index (χ1) is 19.3. The van der Waals surface area contributed by atoms with Crippen molar-refractivity contribution in [3.63, 3.8) is 0 Å². The molecule has 0 spiro atoms. The molecule has 0 saturated carbocycles. The summed E-state index contributed by atoms with van der Waals surface area (Å²) in [5.74, 6) is -5.19. The second kappa shape index (κ2) is 10.6. The first kappa shape index (κ1) is 28.0. The Balaban J connectivity index is 1.75. The van der Waals surface area contributed by atoms with E-state index in [0.717, 1.165) is 36.9 Å². The zero-order chi connectivity index (χ0) is 30.2. The smallest absolute Gasteiger partial charge is 0.338 e. The molecule has 0 bridgehead atoms. The molecule has 14 heteroatoms. The number of carbonyl (C=O) groups excluding carboxylic acids is 3. The predicted molar refractivity (Wildman–Crippen MR) is 142 cm³/mol. The molecule has 41 heavy (non-hydrogen) atoms. The third kappa shape index (κ3) is 4.92. The fraction of sp³-hybridized carbons (Fsp3) is 0.0741. The Hall–Kier alpha value is -6.05. The van der Waals surface area contributed by atoms with E-state index in [9.17, 15) is 38.7 Å². The van der Waals surface area contributed by atoms with E-state index in [1.165, 1.54) is 48.5 Å². The van der Waals surface area contributed by atoms with Gasteiger partial charge in [-0.2, -0.15) is 0 Å². The van der Waals surface area contributed by atoms with Gasteiger partial charge in [0.05, 0.1) is 22.5 Å². The summed E-state index contributed by atoms with van der Waals surface area (Å²) in [6.07, 6.45) is 3.16. The van der Waals surface area contributed by atoms with Crippen LogP contribution in [0.15, 0.2) is 75.8 Å². The summed E-state index contributed by atoms with van der Waals surface area (Å²) in [7, 11) is 2.30. The van der Waals surface area contributed by atoms with Crippen molar-refractivity contribution in [1.82, 2.24) is 14.0 Å². The van der Waals surface area contributed by atoms with Gasteiger partial charge in [-0.25, -0.2) is 28.6 Å². The molecule has 1 aromatic heterocycles. The Morgan fingerprint density at radius 2 is 1.27 bits per heavy atom. The van der Waals surface area contributed by atoms with Crippen LogP contribution in [0.1, 0.15) is 26.3 Å². The van der Waals surface area contributed by atoms with E-state index in [0.29, 0.717) is 14.4 Å². The first-order valence-electron chi connectivity index (χ1n) is 11.6. The molecule has 0 aliphatic carbocycles. The molecule has 0 radical (unpaired) electrons. The van der Waals surface area contributed by atoms with Gasteiger partial charge in [-0.3, -0.25) is 23.9 Å². The van der Waals surface area contributed by atoms with Crippen LogP contribution < -0.4 is 16.1 Å². The van der Waals surface area contributed by atoms with E-state index in [1.807, 2.05) is 0 Å². The zero-order valence-corrected chi connectivity index (χ0v) is 21.3. The first-order valence-corrected chi connectivity index (χ1v) is 11.6. The number of imide groups is 2. The van der Waals surface area contributed by atoms with E-state index in [1.54, 1.807) is 0 Å². The highest BCUT2D eigenvalue weighted by atomic mass is 16.4. The number of nitrogens with zero attached hydrogens (tertiary/aromatic N) is 4. The average Bonchev–Trinajstić information content (AvgIpc) is 2.95. The molecule has 14 nitrogen and oxygen atoms in total. The summed E-state index contributed by atoms with van der Waals surface area (Å²) in [5.41, 5.74) is -2.81. The van der Waals surface area contributed by atoms with E-state index in [-0.39, 0.29) is 22.5 Å². The molecule has 2 heterocycles. The lowest BCUT2D eigenvalue weighted by Gasteiger charge is -2.31. The minimum atomic E-state index is -1.22. The molecule has 3 aromatic rings. The van der Waals surface area contributed by atoms with Crippen LogP contribution in [0.5, 0.6) is 5.88 Å². The number of anilines is 1. The lowest BCUT2D eigenvalue weighted by Crippen LogP contribution is -2.55. The molecular weight excluding hydrogens is 540 g/mol. The number of likely N-dealkylation sites (N-methyl/N-ethyl adjacent to an activating group) is 1. The number of hydrogen-bond acceptors (Lipinski definition) is 8. The molecule has 2 aromatic carbocycles. The molecule has 0 unspecified atom stereocenters. The normalized spacial score (nSPS) is 14.8. The number of aromatic hydroxyl groups is 1. The van der Waals surface area contributed by atoms with E-state index >= 15 is 0 Å². The number of urea groups is 1. The van der Waals surface area contributed by atoms with Crippen LogP contribution in [0, 0.1) is 0 Å². The number of rotatable bonds is 6. The number of carbonyl (C=O) groups is 5. The van der Waals surface area contributed by atoms with Crippen molar-refractivity contribution >= 4 is 41.5 Å². The van der Waals surface area contributed by atoms with Gasteiger partial charge in [0.15, 0.2) is 0 Å². The second-order valence-corrected chi connectivity index (χ2v) is 8.65. The highest BCUT2D eigenvalue weighted by Crippen LogP contribution is 2.25. The van der Waals surface area contributed by atoms with Gasteiger partial charge in [0, 0.05) is 14.1 Å². The average molecular weight is 560 g/mol. The number of hydrogen-bond donors (Lipinski definition) is 3. The van der Waals surface area contributed by atoms with E-state index in [2.05, 4.69) is 0 Å². The number of benzene rings is 2. The molecule has 1 saturated heterocycles. The summed E-state index contributed by atoms with van der Waals surface area (Å²) in [6.45, 7) is 0. The lowest BCUT2D eigenvalue weighted by molar-refractivity contribution is -0.128. The molecule has 3 N–H and O–H groups in total. The van der Waals surface area contributed by atoms with Gasteiger partial charge in [-0.05, 0) is 60.7 Å². The van der Waals surface area contributed by atoms with Crippen molar-refractivity contribution in [2.75, 3.05) is 11.9 Å². The van der Waals surface area contributed by atoms with Gasteiger partial charge in [0.25, 0.3) is 17.4 Å². The maximum Gasteiger partial charge on any atom is 0.338 e. The predicted octanol–water partition coefficient (Wildman–Crippen LogP) is 1.20. The number of aromatic nitrogens is 2. The second-order valence-electron chi connectivity index (χ2n) is 8.65. The Morgan fingerprint density at radius 3 is 1.78 bits per heavy atom.